The zero-order valence-corrected chi connectivity index (χ0v) is 4.03. The maximum absolute atomic E-state index is 11.5. The van der Waals surface area contributed by atoms with Gasteiger partial charge in [-0.25, -0.2) is 8.78 Å². The molecular formula is C5H8F2. The summed E-state index contributed by atoms with van der Waals surface area (Å²) in [6.07, 6.45) is 0.457. The highest BCUT2D eigenvalue weighted by atomic mass is 19.3. The van der Waals surface area contributed by atoms with E-state index in [0.717, 1.165) is 19.3 Å². The number of rotatable bonds is 1. The van der Waals surface area contributed by atoms with Gasteiger partial charge in [0.05, 0.1) is 0 Å². The van der Waals surface area contributed by atoms with Gasteiger partial charge in [-0.15, -0.1) is 0 Å². The maximum Gasteiger partial charge on any atom is 0.241 e. The summed E-state index contributed by atoms with van der Waals surface area (Å²) in [5, 5.41) is 0. The molecule has 0 aromatic carbocycles. The van der Waals surface area contributed by atoms with Crippen molar-refractivity contribution in [1.82, 2.24) is 0 Å². The zero-order chi connectivity index (χ0) is 5.28. The SMILES string of the molecule is FC(F)C1CCC1. The van der Waals surface area contributed by atoms with E-state index in [1.807, 2.05) is 0 Å². The fourth-order valence-electron chi connectivity index (χ4n) is 0.692. The standard InChI is InChI=1S/C5H8F2/c6-5(7)4-2-1-3-4/h4-5H,1-3H2. The molecule has 0 nitrogen and oxygen atoms in total. The van der Waals surface area contributed by atoms with Crippen LogP contribution in [0.15, 0.2) is 0 Å². The Balaban J connectivity index is 2.14. The molecule has 1 aliphatic carbocycles. The largest absolute Gasteiger partial charge is 0.241 e. The summed E-state index contributed by atoms with van der Waals surface area (Å²) in [4.78, 5) is 0. The summed E-state index contributed by atoms with van der Waals surface area (Å²) in [6, 6.07) is 0. The lowest BCUT2D eigenvalue weighted by Gasteiger charge is -2.23. The molecule has 1 aliphatic rings. The highest BCUT2D eigenvalue weighted by Crippen LogP contribution is 2.31. The molecule has 0 amide bonds. The third-order valence-electron chi connectivity index (χ3n) is 1.51. The van der Waals surface area contributed by atoms with Crippen molar-refractivity contribution in [3.8, 4) is 0 Å². The highest BCUT2D eigenvalue weighted by molar-refractivity contribution is 4.70. The Labute approximate surface area is 41.5 Å². The van der Waals surface area contributed by atoms with Gasteiger partial charge in [0.1, 0.15) is 0 Å². The predicted molar refractivity (Wildman–Crippen MR) is 23.3 cm³/mol. The van der Waals surface area contributed by atoms with E-state index in [1.54, 1.807) is 0 Å². The van der Waals surface area contributed by atoms with E-state index in [4.69, 9.17) is 0 Å². The van der Waals surface area contributed by atoms with Crippen molar-refractivity contribution in [3.05, 3.63) is 0 Å². The molecule has 0 radical (unpaired) electrons. The first-order valence-corrected chi connectivity index (χ1v) is 2.59. The zero-order valence-electron chi connectivity index (χ0n) is 4.03. The van der Waals surface area contributed by atoms with Crippen molar-refractivity contribution in [1.29, 1.82) is 0 Å². The highest BCUT2D eigenvalue weighted by Gasteiger charge is 2.26. The maximum atomic E-state index is 11.5. The van der Waals surface area contributed by atoms with Crippen LogP contribution < -0.4 is 0 Å². The van der Waals surface area contributed by atoms with E-state index < -0.39 is 6.43 Å². The summed E-state index contributed by atoms with van der Waals surface area (Å²) in [6.45, 7) is 0. The molecule has 7 heavy (non-hydrogen) atoms. The van der Waals surface area contributed by atoms with Gasteiger partial charge in [-0.3, -0.25) is 0 Å². The molecule has 42 valence electrons. The van der Waals surface area contributed by atoms with E-state index >= 15 is 0 Å². The Morgan fingerprint density at radius 3 is 1.86 bits per heavy atom. The second-order valence-corrected chi connectivity index (χ2v) is 2.03. The first-order valence-electron chi connectivity index (χ1n) is 2.59. The Morgan fingerprint density at radius 1 is 1.29 bits per heavy atom. The number of hydrogen-bond acceptors (Lipinski definition) is 0. The molecule has 0 aromatic heterocycles. The van der Waals surface area contributed by atoms with Crippen LogP contribution in [0.3, 0.4) is 0 Å². The fraction of sp³-hybridized carbons (Fsp3) is 1.00. The van der Waals surface area contributed by atoms with Gasteiger partial charge in [-0.1, -0.05) is 6.42 Å². The molecule has 0 aliphatic heterocycles. The molecule has 1 saturated carbocycles. The van der Waals surface area contributed by atoms with Gasteiger partial charge in [-0.05, 0) is 12.8 Å². The second kappa shape index (κ2) is 1.76. The van der Waals surface area contributed by atoms with Crippen molar-refractivity contribution in [3.63, 3.8) is 0 Å². The van der Waals surface area contributed by atoms with Crippen LogP contribution in [-0.2, 0) is 0 Å². The lowest BCUT2D eigenvalue weighted by molar-refractivity contribution is 0.0345. The summed E-state index contributed by atoms with van der Waals surface area (Å²) in [5.74, 6) is -0.250. The molecule has 0 saturated heterocycles. The quantitative estimate of drug-likeness (QED) is 0.480. The van der Waals surface area contributed by atoms with Crippen LogP contribution in [0.25, 0.3) is 0 Å². The first-order chi connectivity index (χ1) is 3.30. The molecule has 0 atom stereocenters. The fourth-order valence-corrected chi connectivity index (χ4v) is 0.692. The third-order valence-corrected chi connectivity index (χ3v) is 1.51. The van der Waals surface area contributed by atoms with Gasteiger partial charge < -0.3 is 0 Å². The first kappa shape index (κ1) is 5.01. The Bertz CT molecular complexity index is 57.1. The number of halogens is 2. The average Bonchev–Trinajstić information content (AvgIpc) is 1.23. The second-order valence-electron chi connectivity index (χ2n) is 2.03. The Hall–Kier alpha value is -0.140. The molecule has 0 spiro atoms. The lowest BCUT2D eigenvalue weighted by Crippen LogP contribution is -2.18. The van der Waals surface area contributed by atoms with Crippen molar-refractivity contribution in [2.45, 2.75) is 25.7 Å². The van der Waals surface area contributed by atoms with Gasteiger partial charge in [0.25, 0.3) is 0 Å². The normalized spacial score (nSPS) is 22.7. The minimum absolute atomic E-state index is 0.250. The molecule has 1 rings (SSSR count). The van der Waals surface area contributed by atoms with Crippen molar-refractivity contribution < 1.29 is 8.78 Å². The van der Waals surface area contributed by atoms with Gasteiger partial charge in [0.2, 0.25) is 6.43 Å². The number of alkyl halides is 2. The smallest absolute Gasteiger partial charge is 0.210 e. The van der Waals surface area contributed by atoms with E-state index in [1.165, 1.54) is 0 Å². The van der Waals surface area contributed by atoms with E-state index in [0.29, 0.717) is 0 Å². The Morgan fingerprint density at radius 2 is 1.86 bits per heavy atom. The van der Waals surface area contributed by atoms with E-state index in [2.05, 4.69) is 0 Å². The van der Waals surface area contributed by atoms with Crippen LogP contribution in [0, 0.1) is 5.92 Å². The van der Waals surface area contributed by atoms with Crippen molar-refractivity contribution in [2.24, 2.45) is 5.92 Å². The van der Waals surface area contributed by atoms with Crippen LogP contribution in [0.1, 0.15) is 19.3 Å². The summed E-state index contributed by atoms with van der Waals surface area (Å²) >= 11 is 0. The minimum Gasteiger partial charge on any atom is -0.210 e. The monoisotopic (exact) mass is 106 g/mol. The van der Waals surface area contributed by atoms with Gasteiger partial charge in [-0.2, -0.15) is 0 Å². The molecule has 0 unspecified atom stereocenters. The van der Waals surface area contributed by atoms with Crippen LogP contribution in [0.4, 0.5) is 8.78 Å². The molecule has 1 fully saturated rings. The van der Waals surface area contributed by atoms with Gasteiger partial charge >= 0.3 is 0 Å². The average molecular weight is 106 g/mol. The van der Waals surface area contributed by atoms with Crippen molar-refractivity contribution in [2.75, 3.05) is 0 Å². The van der Waals surface area contributed by atoms with Gasteiger partial charge in [0.15, 0.2) is 0 Å². The third kappa shape index (κ3) is 0.898. The molecular weight excluding hydrogens is 98.1 g/mol. The molecule has 2 heteroatoms. The molecule has 0 aromatic rings. The molecule has 0 N–H and O–H groups in total. The van der Waals surface area contributed by atoms with Crippen LogP contribution in [0.2, 0.25) is 0 Å². The molecule has 0 bridgehead atoms. The number of hydrogen-bond donors (Lipinski definition) is 0. The summed E-state index contributed by atoms with van der Waals surface area (Å²) in [7, 11) is 0. The van der Waals surface area contributed by atoms with Crippen molar-refractivity contribution >= 4 is 0 Å². The van der Waals surface area contributed by atoms with E-state index in [-0.39, 0.29) is 5.92 Å². The van der Waals surface area contributed by atoms with Crippen LogP contribution in [0.5, 0.6) is 0 Å². The van der Waals surface area contributed by atoms with Crippen LogP contribution in [-0.4, -0.2) is 6.43 Å². The summed E-state index contributed by atoms with van der Waals surface area (Å²) < 4.78 is 23.0. The lowest BCUT2D eigenvalue weighted by atomic mass is 9.86. The molecule has 0 heterocycles. The minimum atomic E-state index is -2.05. The summed E-state index contributed by atoms with van der Waals surface area (Å²) in [5.41, 5.74) is 0. The Kier molecular flexibility index (Phi) is 1.26. The topological polar surface area (TPSA) is 0 Å². The predicted octanol–water partition coefficient (Wildman–Crippen LogP) is 2.05. The van der Waals surface area contributed by atoms with Gasteiger partial charge in [0, 0.05) is 5.92 Å². The van der Waals surface area contributed by atoms with Crippen LogP contribution >= 0.6 is 0 Å². The van der Waals surface area contributed by atoms with E-state index in [9.17, 15) is 8.78 Å².